The van der Waals surface area contributed by atoms with Crippen LogP contribution in [-0.2, 0) is 16.1 Å². The fraction of sp³-hybridized carbons (Fsp3) is 0.320. The van der Waals surface area contributed by atoms with Gasteiger partial charge < -0.3 is 19.5 Å². The summed E-state index contributed by atoms with van der Waals surface area (Å²) >= 11 is 7.83. The Bertz CT molecular complexity index is 1260. The average Bonchev–Trinajstić information content (AvgIpc) is 3.27. The maximum absolute atomic E-state index is 12.8. The van der Waals surface area contributed by atoms with E-state index in [9.17, 15) is 4.79 Å². The van der Waals surface area contributed by atoms with Crippen LogP contribution in [0.15, 0.2) is 58.9 Å². The first-order valence-electron chi connectivity index (χ1n) is 11.2. The Hall–Kier alpha value is -3.17. The van der Waals surface area contributed by atoms with Gasteiger partial charge in [0.15, 0.2) is 11.5 Å². The molecule has 1 atom stereocenters. The molecule has 2 aromatic carbocycles. The third kappa shape index (κ3) is 5.26. The van der Waals surface area contributed by atoms with Gasteiger partial charge in [-0.1, -0.05) is 54.6 Å². The predicted molar refractivity (Wildman–Crippen MR) is 136 cm³/mol. The normalized spacial score (nSPS) is 14.8. The number of carbonyl (C=O) groups is 1. The number of halogens is 1. The van der Waals surface area contributed by atoms with Crippen LogP contribution in [0.2, 0.25) is 5.02 Å². The van der Waals surface area contributed by atoms with Gasteiger partial charge in [0.25, 0.3) is 0 Å². The number of allylic oxidation sites excluding steroid dienone is 1. The summed E-state index contributed by atoms with van der Waals surface area (Å²) in [6.45, 7) is 4.22. The summed E-state index contributed by atoms with van der Waals surface area (Å²) in [5.74, 6) is 2.11. The Morgan fingerprint density at radius 2 is 2.00 bits per heavy atom. The first-order chi connectivity index (χ1) is 17.0. The van der Waals surface area contributed by atoms with E-state index in [4.69, 9.17) is 25.8 Å². The number of hydrogen-bond acceptors (Lipinski definition) is 8. The van der Waals surface area contributed by atoms with E-state index < -0.39 is 12.0 Å². The number of carbonyl (C=O) groups excluding carboxylic acids is 1. The lowest BCUT2D eigenvalue weighted by Gasteiger charge is -2.28. The zero-order chi connectivity index (χ0) is 24.9. The van der Waals surface area contributed by atoms with Gasteiger partial charge in [-0.05, 0) is 37.1 Å². The van der Waals surface area contributed by atoms with Crippen molar-refractivity contribution in [3.63, 3.8) is 0 Å². The summed E-state index contributed by atoms with van der Waals surface area (Å²) < 4.78 is 18.5. The number of rotatable bonds is 9. The second-order valence-corrected chi connectivity index (χ2v) is 9.33. The molecule has 10 heteroatoms. The van der Waals surface area contributed by atoms with Crippen molar-refractivity contribution in [2.45, 2.75) is 38.1 Å². The first-order valence-corrected chi connectivity index (χ1v) is 12.5. The maximum atomic E-state index is 12.8. The molecule has 35 heavy (non-hydrogen) atoms. The largest absolute Gasteiger partial charge is 0.493 e. The predicted octanol–water partition coefficient (Wildman–Crippen LogP) is 5.48. The molecule has 0 bridgehead atoms. The van der Waals surface area contributed by atoms with Crippen LogP contribution in [0.4, 0.5) is 5.95 Å². The van der Waals surface area contributed by atoms with Crippen molar-refractivity contribution >= 4 is 35.3 Å². The quantitative estimate of drug-likeness (QED) is 0.296. The van der Waals surface area contributed by atoms with Crippen molar-refractivity contribution in [2.75, 3.05) is 25.3 Å². The zero-order valence-electron chi connectivity index (χ0n) is 20.0. The zero-order valence-corrected chi connectivity index (χ0v) is 21.6. The van der Waals surface area contributed by atoms with Crippen LogP contribution in [-0.4, -0.2) is 40.7 Å². The molecule has 0 saturated carbocycles. The number of esters is 1. The number of ether oxygens (including phenoxy) is 3. The monoisotopic (exact) mass is 514 g/mol. The van der Waals surface area contributed by atoms with E-state index in [0.717, 1.165) is 23.3 Å². The number of benzene rings is 2. The van der Waals surface area contributed by atoms with Gasteiger partial charge in [0.2, 0.25) is 11.1 Å². The van der Waals surface area contributed by atoms with Gasteiger partial charge in [-0.3, -0.25) is 0 Å². The molecule has 1 aromatic heterocycles. The Morgan fingerprint density at radius 3 is 2.71 bits per heavy atom. The highest BCUT2D eigenvalue weighted by atomic mass is 35.5. The highest BCUT2D eigenvalue weighted by Gasteiger charge is 2.35. The Morgan fingerprint density at radius 1 is 1.20 bits per heavy atom. The lowest BCUT2D eigenvalue weighted by Crippen LogP contribution is -2.29. The standard InChI is InChI=1S/C25H27ClN4O4S/c1-5-12-35-25-28-24-27-15(2)21(23(31)33-4)22(30(24)29-25)16-10-11-19(20(13-16)32-3)34-14-17-8-6-7-9-18(17)26/h6-11,13,22H,5,12,14H2,1-4H3,(H,27,28,29). The van der Waals surface area contributed by atoms with E-state index in [2.05, 4.69) is 22.3 Å². The maximum Gasteiger partial charge on any atom is 0.338 e. The minimum atomic E-state index is -0.548. The van der Waals surface area contributed by atoms with E-state index in [0.29, 0.717) is 45.5 Å². The minimum Gasteiger partial charge on any atom is -0.493 e. The molecule has 0 fully saturated rings. The van der Waals surface area contributed by atoms with Gasteiger partial charge in [0.1, 0.15) is 12.6 Å². The summed E-state index contributed by atoms with van der Waals surface area (Å²) in [6, 6.07) is 12.5. The molecule has 1 N–H and O–H groups in total. The lowest BCUT2D eigenvalue weighted by molar-refractivity contribution is -0.136. The van der Waals surface area contributed by atoms with Gasteiger partial charge in [-0.25, -0.2) is 9.48 Å². The molecule has 3 aromatic rings. The van der Waals surface area contributed by atoms with Gasteiger partial charge in [-0.15, -0.1) is 5.10 Å². The number of thioether (sulfide) groups is 1. The van der Waals surface area contributed by atoms with Crippen LogP contribution in [0.5, 0.6) is 11.5 Å². The van der Waals surface area contributed by atoms with Crippen molar-refractivity contribution in [3.05, 3.63) is 69.9 Å². The second kappa shape index (κ2) is 11.0. The lowest BCUT2D eigenvalue weighted by atomic mass is 9.95. The third-order valence-corrected chi connectivity index (χ3v) is 6.93. The summed E-state index contributed by atoms with van der Waals surface area (Å²) in [5, 5.41) is 9.16. The fourth-order valence-corrected chi connectivity index (χ4v) is 4.69. The first kappa shape index (κ1) is 24.9. The molecule has 0 aliphatic carbocycles. The van der Waals surface area contributed by atoms with Crippen LogP contribution < -0.4 is 14.8 Å². The van der Waals surface area contributed by atoms with E-state index in [-0.39, 0.29) is 0 Å². The molecule has 1 unspecified atom stereocenters. The summed E-state index contributed by atoms with van der Waals surface area (Å²) in [6.07, 6.45) is 1.00. The van der Waals surface area contributed by atoms with E-state index >= 15 is 0 Å². The second-order valence-electron chi connectivity index (χ2n) is 7.86. The Kier molecular flexibility index (Phi) is 7.87. The van der Waals surface area contributed by atoms with Gasteiger partial charge >= 0.3 is 5.97 Å². The molecular formula is C25H27ClN4O4S. The van der Waals surface area contributed by atoms with Crippen molar-refractivity contribution in [1.29, 1.82) is 0 Å². The number of hydrogen-bond donors (Lipinski definition) is 1. The average molecular weight is 515 g/mol. The van der Waals surface area contributed by atoms with Gasteiger partial charge in [0.05, 0.1) is 19.8 Å². The molecule has 0 spiro atoms. The number of methoxy groups -OCH3 is 2. The fourth-order valence-electron chi connectivity index (χ4n) is 3.81. The SMILES string of the molecule is CCCSc1nc2n(n1)C(c1ccc(OCc3ccccc3Cl)c(OC)c1)C(C(=O)OC)=C(C)N2. The van der Waals surface area contributed by atoms with Crippen LogP contribution in [0.3, 0.4) is 0 Å². The number of anilines is 1. The highest BCUT2D eigenvalue weighted by molar-refractivity contribution is 7.99. The summed E-state index contributed by atoms with van der Waals surface area (Å²) in [7, 11) is 2.94. The van der Waals surface area contributed by atoms with E-state index in [1.54, 1.807) is 23.6 Å². The van der Waals surface area contributed by atoms with Gasteiger partial charge in [-0.2, -0.15) is 4.98 Å². The van der Waals surface area contributed by atoms with Crippen LogP contribution >= 0.6 is 23.4 Å². The Balaban J connectivity index is 1.71. The van der Waals surface area contributed by atoms with Gasteiger partial charge in [0, 0.05) is 22.0 Å². The van der Waals surface area contributed by atoms with Crippen molar-refractivity contribution < 1.29 is 19.0 Å². The topological polar surface area (TPSA) is 87.5 Å². The smallest absolute Gasteiger partial charge is 0.338 e. The minimum absolute atomic E-state index is 0.292. The van der Waals surface area contributed by atoms with Crippen LogP contribution in [0.25, 0.3) is 0 Å². The molecule has 1 aliphatic rings. The van der Waals surface area contributed by atoms with Crippen LogP contribution in [0, 0.1) is 0 Å². The molecule has 0 radical (unpaired) electrons. The van der Waals surface area contributed by atoms with Crippen LogP contribution in [0.1, 0.15) is 37.4 Å². The van der Waals surface area contributed by atoms with E-state index in [1.165, 1.54) is 7.11 Å². The molecule has 2 heterocycles. The molecule has 0 saturated heterocycles. The third-order valence-electron chi connectivity index (χ3n) is 5.52. The van der Waals surface area contributed by atoms with E-state index in [1.807, 2.05) is 49.4 Å². The molecule has 184 valence electrons. The molecule has 8 nitrogen and oxygen atoms in total. The Labute approximate surface area is 213 Å². The summed E-state index contributed by atoms with van der Waals surface area (Å²) in [4.78, 5) is 17.4. The van der Waals surface area contributed by atoms with Crippen molar-refractivity contribution in [2.24, 2.45) is 0 Å². The highest BCUT2D eigenvalue weighted by Crippen LogP contribution is 2.40. The number of nitrogens with zero attached hydrogens (tertiary/aromatic N) is 3. The molecular weight excluding hydrogens is 488 g/mol. The number of nitrogens with one attached hydrogen (secondary N) is 1. The summed E-state index contributed by atoms with van der Waals surface area (Å²) in [5.41, 5.74) is 2.76. The van der Waals surface area contributed by atoms with Crippen molar-refractivity contribution in [1.82, 2.24) is 14.8 Å². The molecule has 1 aliphatic heterocycles. The number of fused-ring (bicyclic) bond motifs is 1. The molecule has 4 rings (SSSR count). The van der Waals surface area contributed by atoms with Crippen molar-refractivity contribution in [3.8, 4) is 11.5 Å². The molecule has 0 amide bonds. The number of aromatic nitrogens is 3.